The summed E-state index contributed by atoms with van der Waals surface area (Å²) >= 11 is 0. The Morgan fingerprint density at radius 3 is 2.61 bits per heavy atom. The summed E-state index contributed by atoms with van der Waals surface area (Å²) in [5, 5.41) is 10.2. The van der Waals surface area contributed by atoms with Crippen LogP contribution in [0.25, 0.3) is 10.9 Å². The average molecular weight is 453 g/mol. The molecule has 3 aromatic rings. The maximum Gasteiger partial charge on any atom is 0.260 e. The minimum atomic E-state index is -0.207. The summed E-state index contributed by atoms with van der Waals surface area (Å²) in [5.74, 6) is 1.58. The van der Waals surface area contributed by atoms with Crippen LogP contribution in [-0.2, 0) is 13.1 Å². The Labute approximate surface area is 193 Å². The van der Waals surface area contributed by atoms with E-state index >= 15 is 0 Å². The van der Waals surface area contributed by atoms with Gasteiger partial charge in [-0.25, -0.2) is 4.98 Å². The largest absolute Gasteiger partial charge is 0.493 e. The molecular formula is C25H32N4O4. The minimum absolute atomic E-state index is 0.164. The van der Waals surface area contributed by atoms with Gasteiger partial charge in [-0.05, 0) is 30.9 Å². The van der Waals surface area contributed by atoms with E-state index in [1.54, 1.807) is 20.3 Å². The summed E-state index contributed by atoms with van der Waals surface area (Å²) in [7, 11) is 5.04. The number of methoxy groups -OCH3 is 2. The molecule has 4 rings (SSSR count). The molecule has 0 saturated carbocycles. The van der Waals surface area contributed by atoms with Crippen LogP contribution < -0.4 is 19.9 Å². The van der Waals surface area contributed by atoms with Gasteiger partial charge in [-0.15, -0.1) is 0 Å². The predicted molar refractivity (Wildman–Crippen MR) is 129 cm³/mol. The smallest absolute Gasteiger partial charge is 0.260 e. The fraction of sp³-hybridized carbons (Fsp3) is 0.440. The monoisotopic (exact) mass is 452 g/mol. The van der Waals surface area contributed by atoms with Gasteiger partial charge in [-0.1, -0.05) is 24.3 Å². The molecule has 2 heterocycles. The summed E-state index contributed by atoms with van der Waals surface area (Å²) in [6, 6.07) is 10.2. The molecular weight excluding hydrogens is 420 g/mol. The Balaban J connectivity index is 1.55. The number of nitrogens with one attached hydrogen (secondary N) is 1. The Morgan fingerprint density at radius 1 is 1.18 bits per heavy atom. The lowest BCUT2D eigenvalue weighted by atomic mass is 10.1. The lowest BCUT2D eigenvalue weighted by molar-refractivity contribution is 0.0792. The second-order valence-electron chi connectivity index (χ2n) is 8.70. The number of hydrogen-bond donors (Lipinski definition) is 2. The number of aromatic nitrogens is 2. The number of aryl methyl sites for hydroxylation is 1. The Morgan fingerprint density at radius 2 is 1.91 bits per heavy atom. The zero-order valence-electron chi connectivity index (χ0n) is 19.7. The minimum Gasteiger partial charge on any atom is -0.493 e. The van der Waals surface area contributed by atoms with Crippen LogP contribution in [0.15, 0.2) is 35.1 Å². The number of rotatable bonds is 7. The van der Waals surface area contributed by atoms with Crippen LogP contribution in [0, 0.1) is 6.92 Å². The molecule has 0 amide bonds. The number of piperidine rings is 1. The molecule has 1 aliphatic heterocycles. The molecule has 0 spiro atoms. The van der Waals surface area contributed by atoms with Gasteiger partial charge in [0, 0.05) is 44.9 Å². The third-order valence-corrected chi connectivity index (χ3v) is 6.30. The van der Waals surface area contributed by atoms with Crippen LogP contribution in [0.3, 0.4) is 0 Å². The lowest BCUT2D eigenvalue weighted by Crippen LogP contribution is -2.35. The maximum absolute atomic E-state index is 12.9. The van der Waals surface area contributed by atoms with Crippen molar-refractivity contribution < 1.29 is 14.6 Å². The van der Waals surface area contributed by atoms with Crippen LogP contribution in [0.4, 0.5) is 5.95 Å². The number of ether oxygens (including phenoxy) is 2. The van der Waals surface area contributed by atoms with Crippen molar-refractivity contribution in [2.75, 3.05) is 39.3 Å². The number of aliphatic hydroxyl groups excluding tert-OH is 1. The van der Waals surface area contributed by atoms with Gasteiger partial charge in [-0.2, -0.15) is 0 Å². The third kappa shape index (κ3) is 4.96. The number of fused-ring (bicyclic) bond motifs is 1. The number of benzene rings is 2. The number of aromatic amines is 1. The number of anilines is 1. The first-order valence-electron chi connectivity index (χ1n) is 11.2. The number of H-pyrrole nitrogens is 1. The highest BCUT2D eigenvalue weighted by atomic mass is 16.5. The highest BCUT2D eigenvalue weighted by Crippen LogP contribution is 2.35. The molecule has 2 aromatic carbocycles. The van der Waals surface area contributed by atoms with E-state index in [9.17, 15) is 9.90 Å². The van der Waals surface area contributed by atoms with E-state index in [0.29, 0.717) is 40.5 Å². The highest BCUT2D eigenvalue weighted by molar-refractivity contribution is 5.86. The van der Waals surface area contributed by atoms with E-state index in [1.165, 1.54) is 5.56 Å². The lowest BCUT2D eigenvalue weighted by Gasteiger charge is -2.29. The Bertz CT molecular complexity index is 1180. The Kier molecular flexibility index (Phi) is 6.85. The van der Waals surface area contributed by atoms with Crippen molar-refractivity contribution in [3.63, 3.8) is 0 Å². The van der Waals surface area contributed by atoms with Crippen LogP contribution >= 0.6 is 0 Å². The number of likely N-dealkylation sites (tertiary alicyclic amines) is 1. The third-order valence-electron chi connectivity index (χ3n) is 6.30. The van der Waals surface area contributed by atoms with Gasteiger partial charge in [0.1, 0.15) is 0 Å². The standard InChI is InChI=1S/C25H32N4O4/c1-16-22-20(13-21(32-3)23(16)33-4)26-25(27-24(22)31)28(2)14-17-6-5-7-18(12-17)15-29-10-8-19(30)9-11-29/h5-7,12-13,19,30H,8-11,14-15H2,1-4H3,(H,26,27,31). The van der Waals surface area contributed by atoms with Crippen molar-refractivity contribution in [2.45, 2.75) is 39.0 Å². The van der Waals surface area contributed by atoms with Gasteiger partial charge in [0.2, 0.25) is 5.95 Å². The summed E-state index contributed by atoms with van der Waals surface area (Å²) in [6.07, 6.45) is 1.50. The van der Waals surface area contributed by atoms with Gasteiger partial charge in [-0.3, -0.25) is 14.7 Å². The number of aliphatic hydroxyl groups is 1. The molecule has 2 N–H and O–H groups in total. The molecule has 0 unspecified atom stereocenters. The van der Waals surface area contributed by atoms with E-state index in [0.717, 1.165) is 38.0 Å². The first-order chi connectivity index (χ1) is 15.9. The van der Waals surface area contributed by atoms with Crippen LogP contribution in [-0.4, -0.2) is 60.4 Å². The van der Waals surface area contributed by atoms with Crippen LogP contribution in [0.2, 0.25) is 0 Å². The number of nitrogens with zero attached hydrogens (tertiary/aromatic N) is 3. The highest BCUT2D eigenvalue weighted by Gasteiger charge is 2.18. The summed E-state index contributed by atoms with van der Waals surface area (Å²) in [4.78, 5) is 24.8. The molecule has 33 heavy (non-hydrogen) atoms. The van der Waals surface area contributed by atoms with Crippen LogP contribution in [0.1, 0.15) is 29.5 Å². The fourth-order valence-corrected chi connectivity index (χ4v) is 4.53. The number of hydrogen-bond acceptors (Lipinski definition) is 7. The SMILES string of the molecule is COc1cc2nc(N(C)Cc3cccc(CN4CCC(O)CC4)c3)[nH]c(=O)c2c(C)c1OC. The quantitative estimate of drug-likeness (QED) is 0.570. The molecule has 0 radical (unpaired) electrons. The summed E-state index contributed by atoms with van der Waals surface area (Å²) in [6.45, 7) is 5.14. The fourth-order valence-electron chi connectivity index (χ4n) is 4.53. The zero-order chi connectivity index (χ0) is 23.5. The zero-order valence-corrected chi connectivity index (χ0v) is 19.7. The molecule has 8 heteroatoms. The van der Waals surface area contributed by atoms with Crippen molar-refractivity contribution in [2.24, 2.45) is 0 Å². The average Bonchev–Trinajstić information content (AvgIpc) is 2.80. The summed E-state index contributed by atoms with van der Waals surface area (Å²) in [5.41, 5.74) is 3.44. The Hall–Kier alpha value is -3.10. The predicted octanol–water partition coefficient (Wildman–Crippen LogP) is 2.84. The van der Waals surface area contributed by atoms with E-state index < -0.39 is 0 Å². The van der Waals surface area contributed by atoms with E-state index in [4.69, 9.17) is 14.5 Å². The molecule has 1 saturated heterocycles. The van der Waals surface area contributed by atoms with Gasteiger partial charge < -0.3 is 19.5 Å². The molecule has 1 aromatic heterocycles. The first-order valence-corrected chi connectivity index (χ1v) is 11.2. The molecule has 0 aliphatic carbocycles. The second-order valence-corrected chi connectivity index (χ2v) is 8.70. The molecule has 8 nitrogen and oxygen atoms in total. The maximum atomic E-state index is 12.9. The molecule has 0 atom stereocenters. The van der Waals surface area contributed by atoms with Crippen molar-refractivity contribution >= 4 is 16.9 Å². The van der Waals surface area contributed by atoms with Crippen molar-refractivity contribution in [1.29, 1.82) is 0 Å². The molecule has 0 bridgehead atoms. The summed E-state index contributed by atoms with van der Waals surface area (Å²) < 4.78 is 10.9. The molecule has 176 valence electrons. The van der Waals surface area contributed by atoms with E-state index in [1.807, 2.05) is 18.9 Å². The molecule has 1 aliphatic rings. The normalized spacial score (nSPS) is 15.1. The van der Waals surface area contributed by atoms with Crippen molar-refractivity contribution in [1.82, 2.24) is 14.9 Å². The topological polar surface area (TPSA) is 90.9 Å². The van der Waals surface area contributed by atoms with E-state index in [-0.39, 0.29) is 11.7 Å². The van der Waals surface area contributed by atoms with E-state index in [2.05, 4.69) is 34.1 Å². The van der Waals surface area contributed by atoms with Crippen molar-refractivity contribution in [3.8, 4) is 11.5 Å². The van der Waals surface area contributed by atoms with Crippen molar-refractivity contribution in [3.05, 3.63) is 57.4 Å². The second kappa shape index (κ2) is 9.80. The first kappa shape index (κ1) is 23.1. The van der Waals surface area contributed by atoms with Crippen LogP contribution in [0.5, 0.6) is 11.5 Å². The van der Waals surface area contributed by atoms with Gasteiger partial charge >= 0.3 is 0 Å². The van der Waals surface area contributed by atoms with Gasteiger partial charge in [0.25, 0.3) is 5.56 Å². The van der Waals surface area contributed by atoms with Gasteiger partial charge in [0.05, 0.1) is 31.2 Å². The van der Waals surface area contributed by atoms with Gasteiger partial charge in [0.15, 0.2) is 11.5 Å². The molecule has 1 fully saturated rings.